The number of anilines is 1. The average Bonchev–Trinajstić information content (AvgIpc) is 2.68. The molecular weight excluding hydrogens is 265 g/mol. The van der Waals surface area contributed by atoms with Crippen LogP contribution in [0.1, 0.15) is 18.4 Å². The molecular formula is C11H13ClFNO2S. The maximum absolute atomic E-state index is 13.8. The minimum Gasteiger partial charge on any atom is -0.369 e. The standard InChI is InChI=1S/C11H13ClFNO2S/c12-17(15,16)8-9-3-4-11(10(13)7-9)14-5-1-2-6-14/h3-4,7H,1-2,5-6,8H2. The van der Waals surface area contributed by atoms with Crippen molar-refractivity contribution in [3.05, 3.63) is 29.6 Å². The van der Waals surface area contributed by atoms with Gasteiger partial charge in [0, 0.05) is 23.8 Å². The molecule has 17 heavy (non-hydrogen) atoms. The van der Waals surface area contributed by atoms with E-state index in [-0.39, 0.29) is 11.6 Å². The lowest BCUT2D eigenvalue weighted by atomic mass is 10.2. The van der Waals surface area contributed by atoms with Crippen molar-refractivity contribution in [3.8, 4) is 0 Å². The van der Waals surface area contributed by atoms with E-state index in [2.05, 4.69) is 0 Å². The van der Waals surface area contributed by atoms with Crippen LogP contribution < -0.4 is 4.90 Å². The highest BCUT2D eigenvalue weighted by atomic mass is 35.7. The molecule has 0 saturated carbocycles. The first-order valence-corrected chi connectivity index (χ1v) is 7.89. The number of hydrogen-bond donors (Lipinski definition) is 0. The molecule has 1 heterocycles. The summed E-state index contributed by atoms with van der Waals surface area (Å²) in [7, 11) is 1.49. The molecule has 1 saturated heterocycles. The van der Waals surface area contributed by atoms with E-state index < -0.39 is 9.05 Å². The van der Waals surface area contributed by atoms with Crippen LogP contribution in [0.3, 0.4) is 0 Å². The SMILES string of the molecule is O=S(=O)(Cl)Cc1ccc(N2CCCC2)c(F)c1. The van der Waals surface area contributed by atoms with Crippen LogP contribution in [-0.4, -0.2) is 21.5 Å². The summed E-state index contributed by atoms with van der Waals surface area (Å²) in [5.74, 6) is -0.726. The minimum atomic E-state index is -3.63. The van der Waals surface area contributed by atoms with Gasteiger partial charge >= 0.3 is 0 Å². The summed E-state index contributed by atoms with van der Waals surface area (Å²) in [5.41, 5.74) is 0.915. The lowest BCUT2D eigenvalue weighted by Gasteiger charge is -2.18. The molecule has 0 amide bonds. The largest absolute Gasteiger partial charge is 0.369 e. The van der Waals surface area contributed by atoms with Crippen LogP contribution in [-0.2, 0) is 14.8 Å². The van der Waals surface area contributed by atoms with Gasteiger partial charge in [-0.1, -0.05) is 6.07 Å². The van der Waals surface area contributed by atoms with E-state index in [1.54, 1.807) is 12.1 Å². The molecule has 1 fully saturated rings. The van der Waals surface area contributed by atoms with Gasteiger partial charge in [-0.3, -0.25) is 0 Å². The molecule has 1 aromatic rings. The Balaban J connectivity index is 2.22. The fourth-order valence-corrected chi connectivity index (χ4v) is 3.01. The molecule has 0 spiro atoms. The molecule has 0 radical (unpaired) electrons. The second-order valence-corrected chi connectivity index (χ2v) is 6.94. The Hall–Kier alpha value is -0.810. The van der Waals surface area contributed by atoms with Gasteiger partial charge < -0.3 is 4.90 Å². The van der Waals surface area contributed by atoms with Gasteiger partial charge in [0.05, 0.1) is 11.4 Å². The van der Waals surface area contributed by atoms with E-state index in [9.17, 15) is 12.8 Å². The van der Waals surface area contributed by atoms with Crippen LogP contribution in [0.5, 0.6) is 0 Å². The third-order valence-corrected chi connectivity index (χ3v) is 3.80. The molecule has 3 nitrogen and oxygen atoms in total. The summed E-state index contributed by atoms with van der Waals surface area (Å²) >= 11 is 0. The number of benzene rings is 1. The molecule has 6 heteroatoms. The Bertz CT molecular complexity index is 512. The number of hydrogen-bond acceptors (Lipinski definition) is 3. The van der Waals surface area contributed by atoms with Gasteiger partial charge in [-0.2, -0.15) is 0 Å². The van der Waals surface area contributed by atoms with Gasteiger partial charge in [0.25, 0.3) is 0 Å². The smallest absolute Gasteiger partial charge is 0.236 e. The lowest BCUT2D eigenvalue weighted by molar-refractivity contribution is 0.607. The summed E-state index contributed by atoms with van der Waals surface area (Å²) < 4.78 is 35.6. The second kappa shape index (κ2) is 4.82. The molecule has 1 aromatic carbocycles. The summed E-state index contributed by atoms with van der Waals surface area (Å²) in [5, 5.41) is 0. The van der Waals surface area contributed by atoms with Crippen LogP contribution in [0.4, 0.5) is 10.1 Å². The molecule has 94 valence electrons. The number of nitrogens with zero attached hydrogens (tertiary/aromatic N) is 1. The molecule has 0 N–H and O–H groups in total. The predicted octanol–water partition coefficient (Wildman–Crippen LogP) is 2.49. The van der Waals surface area contributed by atoms with Crippen LogP contribution in [0.2, 0.25) is 0 Å². The van der Waals surface area contributed by atoms with Gasteiger partial charge in [-0.05, 0) is 30.5 Å². The van der Waals surface area contributed by atoms with Crippen LogP contribution >= 0.6 is 10.7 Å². The molecule has 0 atom stereocenters. The van der Waals surface area contributed by atoms with Crippen molar-refractivity contribution in [2.75, 3.05) is 18.0 Å². The van der Waals surface area contributed by atoms with E-state index in [1.807, 2.05) is 4.90 Å². The normalized spacial score (nSPS) is 16.5. The molecule has 1 aliphatic rings. The number of rotatable bonds is 3. The van der Waals surface area contributed by atoms with Gasteiger partial charge in [0.2, 0.25) is 9.05 Å². The zero-order valence-electron chi connectivity index (χ0n) is 9.20. The molecule has 0 unspecified atom stereocenters. The monoisotopic (exact) mass is 277 g/mol. The number of halogens is 2. The van der Waals surface area contributed by atoms with Gasteiger partial charge in [-0.25, -0.2) is 12.8 Å². The lowest BCUT2D eigenvalue weighted by Crippen LogP contribution is -2.19. The van der Waals surface area contributed by atoms with Crippen molar-refractivity contribution in [2.45, 2.75) is 18.6 Å². The van der Waals surface area contributed by atoms with Crippen LogP contribution in [0.15, 0.2) is 18.2 Å². The van der Waals surface area contributed by atoms with Gasteiger partial charge in [0.1, 0.15) is 5.82 Å². The van der Waals surface area contributed by atoms with Crippen molar-refractivity contribution in [2.24, 2.45) is 0 Å². The van der Waals surface area contributed by atoms with Crippen molar-refractivity contribution < 1.29 is 12.8 Å². The Morgan fingerprint density at radius 2 is 1.94 bits per heavy atom. The van der Waals surface area contributed by atoms with Crippen LogP contribution in [0, 0.1) is 5.82 Å². The first kappa shape index (κ1) is 12.6. The first-order chi connectivity index (χ1) is 7.96. The fraction of sp³-hybridized carbons (Fsp3) is 0.455. The molecule has 1 aliphatic heterocycles. The van der Waals surface area contributed by atoms with E-state index in [1.165, 1.54) is 6.07 Å². The van der Waals surface area contributed by atoms with Crippen molar-refractivity contribution in [3.63, 3.8) is 0 Å². The Morgan fingerprint density at radius 1 is 1.29 bits per heavy atom. The Labute approximate surface area is 105 Å². The zero-order chi connectivity index (χ0) is 12.5. The van der Waals surface area contributed by atoms with Crippen molar-refractivity contribution in [1.82, 2.24) is 0 Å². The fourth-order valence-electron chi connectivity index (χ4n) is 2.05. The average molecular weight is 278 g/mol. The maximum atomic E-state index is 13.8. The quantitative estimate of drug-likeness (QED) is 0.797. The van der Waals surface area contributed by atoms with Crippen LogP contribution in [0.25, 0.3) is 0 Å². The van der Waals surface area contributed by atoms with Gasteiger partial charge in [-0.15, -0.1) is 0 Å². The highest BCUT2D eigenvalue weighted by molar-refractivity contribution is 8.13. The molecule has 0 bridgehead atoms. The van der Waals surface area contributed by atoms with Crippen molar-refractivity contribution in [1.29, 1.82) is 0 Å². The molecule has 2 rings (SSSR count). The van der Waals surface area contributed by atoms with Crippen molar-refractivity contribution >= 4 is 25.4 Å². The first-order valence-electron chi connectivity index (χ1n) is 5.41. The van der Waals surface area contributed by atoms with Gasteiger partial charge in [0.15, 0.2) is 0 Å². The Kier molecular flexibility index (Phi) is 3.58. The topological polar surface area (TPSA) is 37.4 Å². The second-order valence-electron chi connectivity index (χ2n) is 4.16. The zero-order valence-corrected chi connectivity index (χ0v) is 10.8. The summed E-state index contributed by atoms with van der Waals surface area (Å²) in [6.45, 7) is 1.70. The molecule has 0 aliphatic carbocycles. The third-order valence-electron chi connectivity index (χ3n) is 2.80. The minimum absolute atomic E-state index is 0.342. The summed E-state index contributed by atoms with van der Waals surface area (Å²) in [6, 6.07) is 4.47. The van der Waals surface area contributed by atoms with E-state index >= 15 is 0 Å². The van der Waals surface area contributed by atoms with E-state index in [4.69, 9.17) is 10.7 Å². The predicted molar refractivity (Wildman–Crippen MR) is 66.3 cm³/mol. The summed E-state index contributed by atoms with van der Waals surface area (Å²) in [6.07, 6.45) is 2.13. The highest BCUT2D eigenvalue weighted by Gasteiger charge is 2.17. The van der Waals surface area contributed by atoms with E-state index in [0.717, 1.165) is 25.9 Å². The third kappa shape index (κ3) is 3.33. The Morgan fingerprint density at radius 3 is 2.47 bits per heavy atom. The highest BCUT2D eigenvalue weighted by Crippen LogP contribution is 2.25. The summed E-state index contributed by atoms with van der Waals surface area (Å²) in [4.78, 5) is 1.97. The van der Waals surface area contributed by atoms with E-state index in [0.29, 0.717) is 11.3 Å². The maximum Gasteiger partial charge on any atom is 0.236 e. The molecule has 0 aromatic heterocycles.